The highest BCUT2D eigenvalue weighted by Crippen LogP contribution is 2.40. The molecule has 6 aromatic rings. The van der Waals surface area contributed by atoms with Crippen molar-refractivity contribution in [1.29, 1.82) is 0 Å². The molecule has 2 heterocycles. The number of carbonyl (C=O) groups is 1. The van der Waals surface area contributed by atoms with Crippen LogP contribution in [0.2, 0.25) is 0 Å². The summed E-state index contributed by atoms with van der Waals surface area (Å²) in [6.45, 7) is 1.55. The van der Waals surface area contributed by atoms with Gasteiger partial charge in [0.15, 0.2) is 0 Å². The molecule has 10 heteroatoms. The fraction of sp³-hybridized carbons (Fsp3) is 0.0968. The number of anilines is 1. The number of furan rings is 1. The molecule has 6 rings (SSSR count). The summed E-state index contributed by atoms with van der Waals surface area (Å²) in [4.78, 5) is 21.1. The third-order valence-corrected chi connectivity index (χ3v) is 8.16. The SMILES string of the molecule is CCS(=O)(=O)Nc1cc2oc(-c3ccc(F)cc3)c(C(=O)NC)c2cc1-c1cccc(-c2nc3ccccc3[nH]2)c1. The molecule has 1 amide bonds. The molecule has 0 saturated carbocycles. The van der Waals surface area contributed by atoms with Crippen molar-refractivity contribution in [3.8, 4) is 33.8 Å². The number of fused-ring (bicyclic) bond motifs is 2. The van der Waals surface area contributed by atoms with E-state index in [4.69, 9.17) is 9.40 Å². The third kappa shape index (κ3) is 4.93. The van der Waals surface area contributed by atoms with E-state index in [9.17, 15) is 17.6 Å². The summed E-state index contributed by atoms with van der Waals surface area (Å²) in [5.41, 5.74) is 5.13. The number of rotatable bonds is 7. The molecule has 0 aliphatic rings. The molecule has 0 aliphatic carbocycles. The molecule has 0 spiro atoms. The number of aromatic amines is 1. The Balaban J connectivity index is 1.58. The van der Waals surface area contributed by atoms with Crippen LogP contribution in [0.25, 0.3) is 55.8 Å². The van der Waals surface area contributed by atoms with Crippen LogP contribution in [0, 0.1) is 5.82 Å². The minimum atomic E-state index is -3.66. The van der Waals surface area contributed by atoms with Crippen LogP contribution in [-0.2, 0) is 10.0 Å². The second-order valence-electron chi connectivity index (χ2n) is 9.48. The van der Waals surface area contributed by atoms with Crippen LogP contribution in [0.1, 0.15) is 17.3 Å². The molecule has 0 fully saturated rings. The van der Waals surface area contributed by atoms with Crippen LogP contribution >= 0.6 is 0 Å². The predicted octanol–water partition coefficient (Wildman–Crippen LogP) is 6.57. The molecular formula is C31H25FN4O4S. The summed E-state index contributed by atoms with van der Waals surface area (Å²) in [7, 11) is -2.15. The van der Waals surface area contributed by atoms with Crippen LogP contribution in [0.3, 0.4) is 0 Å². The van der Waals surface area contributed by atoms with Gasteiger partial charge < -0.3 is 14.7 Å². The Morgan fingerprint density at radius 2 is 1.71 bits per heavy atom. The van der Waals surface area contributed by atoms with Crippen molar-refractivity contribution in [2.75, 3.05) is 17.5 Å². The van der Waals surface area contributed by atoms with Crippen LogP contribution < -0.4 is 10.0 Å². The fourth-order valence-electron chi connectivity index (χ4n) is 4.78. The number of sulfonamides is 1. The number of nitrogens with zero attached hydrogens (tertiary/aromatic N) is 1. The smallest absolute Gasteiger partial charge is 0.255 e. The van der Waals surface area contributed by atoms with Gasteiger partial charge >= 0.3 is 0 Å². The number of carbonyl (C=O) groups excluding carboxylic acids is 1. The number of H-pyrrole nitrogens is 1. The van der Waals surface area contributed by atoms with Gasteiger partial charge in [-0.05, 0) is 61.0 Å². The Morgan fingerprint density at radius 1 is 0.951 bits per heavy atom. The Labute approximate surface area is 235 Å². The maximum absolute atomic E-state index is 13.7. The maximum atomic E-state index is 13.7. The van der Waals surface area contributed by atoms with E-state index in [0.717, 1.165) is 16.6 Å². The highest BCUT2D eigenvalue weighted by molar-refractivity contribution is 7.92. The lowest BCUT2D eigenvalue weighted by atomic mass is 9.97. The number of aromatic nitrogens is 2. The van der Waals surface area contributed by atoms with Crippen LogP contribution in [0.15, 0.2) is 89.3 Å². The summed E-state index contributed by atoms with van der Waals surface area (Å²) < 4.78 is 47.8. The lowest BCUT2D eigenvalue weighted by Crippen LogP contribution is -2.18. The highest BCUT2D eigenvalue weighted by atomic mass is 32.2. The van der Waals surface area contributed by atoms with Crippen molar-refractivity contribution in [1.82, 2.24) is 15.3 Å². The van der Waals surface area contributed by atoms with Crippen molar-refractivity contribution in [3.63, 3.8) is 0 Å². The second-order valence-corrected chi connectivity index (χ2v) is 11.5. The summed E-state index contributed by atoms with van der Waals surface area (Å²) in [6, 6.07) is 24.2. The minimum Gasteiger partial charge on any atom is -0.455 e. The van der Waals surface area contributed by atoms with Gasteiger partial charge in [-0.3, -0.25) is 9.52 Å². The average molecular weight is 569 g/mol. The fourth-order valence-corrected chi connectivity index (χ4v) is 5.43. The Morgan fingerprint density at radius 3 is 2.44 bits per heavy atom. The van der Waals surface area contributed by atoms with E-state index in [1.807, 2.05) is 48.5 Å². The van der Waals surface area contributed by atoms with Crippen LogP contribution in [0.5, 0.6) is 0 Å². The van der Waals surface area contributed by atoms with Gasteiger partial charge in [0.2, 0.25) is 10.0 Å². The minimum absolute atomic E-state index is 0.133. The van der Waals surface area contributed by atoms with Crippen molar-refractivity contribution in [3.05, 3.63) is 96.3 Å². The number of halogens is 1. The maximum Gasteiger partial charge on any atom is 0.255 e. The van der Waals surface area contributed by atoms with Gasteiger partial charge in [0.1, 0.15) is 23.0 Å². The molecule has 41 heavy (non-hydrogen) atoms. The van der Waals surface area contributed by atoms with E-state index in [1.165, 1.54) is 31.3 Å². The molecule has 2 aromatic heterocycles. The summed E-state index contributed by atoms with van der Waals surface area (Å²) in [6.07, 6.45) is 0. The Bertz CT molecular complexity index is 2010. The van der Waals surface area contributed by atoms with Crippen molar-refractivity contribution >= 4 is 43.6 Å². The molecule has 206 valence electrons. The molecule has 0 unspecified atom stereocenters. The lowest BCUT2D eigenvalue weighted by Gasteiger charge is -2.13. The van der Waals surface area contributed by atoms with Crippen LogP contribution in [-0.4, -0.2) is 37.1 Å². The number of hydrogen-bond donors (Lipinski definition) is 3. The molecule has 0 radical (unpaired) electrons. The van der Waals surface area contributed by atoms with E-state index in [1.54, 1.807) is 19.1 Å². The third-order valence-electron chi connectivity index (χ3n) is 6.87. The number of benzene rings is 4. The zero-order valence-corrected chi connectivity index (χ0v) is 23.0. The zero-order valence-electron chi connectivity index (χ0n) is 22.2. The number of para-hydroxylation sites is 2. The van der Waals surface area contributed by atoms with E-state index in [0.29, 0.717) is 39.2 Å². The molecule has 0 bridgehead atoms. The molecule has 4 aromatic carbocycles. The van der Waals surface area contributed by atoms with Gasteiger partial charge in [-0.15, -0.1) is 0 Å². The average Bonchev–Trinajstić information content (AvgIpc) is 3.58. The predicted molar refractivity (Wildman–Crippen MR) is 159 cm³/mol. The molecule has 0 aliphatic heterocycles. The quantitative estimate of drug-likeness (QED) is 0.201. The first kappa shape index (κ1) is 26.3. The van der Waals surface area contributed by atoms with Crippen molar-refractivity contribution in [2.24, 2.45) is 0 Å². The topological polar surface area (TPSA) is 117 Å². The Hall–Kier alpha value is -4.96. The lowest BCUT2D eigenvalue weighted by molar-refractivity contribution is 0.0964. The van der Waals surface area contributed by atoms with E-state index < -0.39 is 21.7 Å². The largest absolute Gasteiger partial charge is 0.455 e. The van der Waals surface area contributed by atoms with Gasteiger partial charge in [0.25, 0.3) is 5.91 Å². The normalized spacial score (nSPS) is 11.7. The molecular weight excluding hydrogens is 543 g/mol. The zero-order chi connectivity index (χ0) is 28.7. The Kier molecular flexibility index (Phi) is 6.55. The van der Waals surface area contributed by atoms with Crippen molar-refractivity contribution < 1.29 is 22.0 Å². The molecule has 0 atom stereocenters. The molecule has 0 saturated heterocycles. The first-order valence-electron chi connectivity index (χ1n) is 12.9. The summed E-state index contributed by atoms with van der Waals surface area (Å²) >= 11 is 0. The number of nitrogens with one attached hydrogen (secondary N) is 3. The van der Waals surface area contributed by atoms with E-state index >= 15 is 0 Å². The number of imidazole rings is 1. The van der Waals surface area contributed by atoms with E-state index in [-0.39, 0.29) is 17.1 Å². The standard InChI is InChI=1S/C31H25FN4O4S/c1-3-41(38,39)36-26-17-27-23(28(31(37)33-2)29(40-27)18-11-13-21(32)14-12-18)16-22(26)19-7-6-8-20(15-19)30-34-24-9-4-5-10-25(24)35-30/h4-17,36H,3H2,1-2H3,(H,33,37)(H,34,35). The monoisotopic (exact) mass is 568 g/mol. The molecule has 8 nitrogen and oxygen atoms in total. The first-order valence-corrected chi connectivity index (χ1v) is 14.6. The van der Waals surface area contributed by atoms with Gasteiger partial charge in [-0.1, -0.05) is 30.3 Å². The van der Waals surface area contributed by atoms with E-state index in [2.05, 4.69) is 15.0 Å². The second kappa shape index (κ2) is 10.2. The number of amides is 1. The van der Waals surface area contributed by atoms with Gasteiger partial charge in [0, 0.05) is 35.2 Å². The highest BCUT2D eigenvalue weighted by Gasteiger charge is 2.24. The summed E-state index contributed by atoms with van der Waals surface area (Å²) in [5.74, 6) is -0.0397. The van der Waals surface area contributed by atoms with Crippen LogP contribution in [0.4, 0.5) is 10.1 Å². The first-order chi connectivity index (χ1) is 19.8. The van der Waals surface area contributed by atoms with Gasteiger partial charge in [-0.2, -0.15) is 0 Å². The van der Waals surface area contributed by atoms with Gasteiger partial charge in [0.05, 0.1) is 28.0 Å². The van der Waals surface area contributed by atoms with Crippen molar-refractivity contribution in [2.45, 2.75) is 6.92 Å². The molecule has 3 N–H and O–H groups in total. The summed E-state index contributed by atoms with van der Waals surface area (Å²) in [5, 5.41) is 3.13. The van der Waals surface area contributed by atoms with Gasteiger partial charge in [-0.25, -0.2) is 17.8 Å². The number of hydrogen-bond acceptors (Lipinski definition) is 5.